The fourth-order valence-corrected chi connectivity index (χ4v) is 2.74. The van der Waals surface area contributed by atoms with Crippen LogP contribution in [0.15, 0.2) is 85.5 Å². The van der Waals surface area contributed by atoms with E-state index < -0.39 is 0 Å². The van der Waals surface area contributed by atoms with Crippen LogP contribution in [0.3, 0.4) is 0 Å². The highest BCUT2D eigenvalue weighted by Gasteiger charge is 2.12. The van der Waals surface area contributed by atoms with Gasteiger partial charge in [-0.1, -0.05) is 42.0 Å². The third-order valence-corrected chi connectivity index (χ3v) is 4.29. The zero-order chi connectivity index (χ0) is 19.2. The third kappa shape index (κ3) is 4.64. The molecular weight excluding hydrogens is 334 g/mol. The first-order valence-corrected chi connectivity index (χ1v) is 8.88. The Bertz CT molecular complexity index is 865. The molecule has 27 heavy (non-hydrogen) atoms. The van der Waals surface area contributed by atoms with Crippen LogP contribution in [0, 0.1) is 13.8 Å². The summed E-state index contributed by atoms with van der Waals surface area (Å²) in [6.07, 6.45) is 1.27. The van der Waals surface area contributed by atoms with Gasteiger partial charge in [0.1, 0.15) is 5.75 Å². The van der Waals surface area contributed by atoms with E-state index in [1.807, 2.05) is 24.3 Å². The van der Waals surface area contributed by atoms with E-state index in [2.05, 4.69) is 73.9 Å². The van der Waals surface area contributed by atoms with Crippen molar-refractivity contribution in [1.29, 1.82) is 0 Å². The van der Waals surface area contributed by atoms with Crippen molar-refractivity contribution in [2.75, 3.05) is 11.5 Å². The summed E-state index contributed by atoms with van der Waals surface area (Å²) in [7, 11) is 0. The second-order valence-corrected chi connectivity index (χ2v) is 6.46. The van der Waals surface area contributed by atoms with Gasteiger partial charge in [0.05, 0.1) is 0 Å². The van der Waals surface area contributed by atoms with E-state index in [4.69, 9.17) is 4.74 Å². The number of hydrogen-bond acceptors (Lipinski definition) is 3. The van der Waals surface area contributed by atoms with Gasteiger partial charge >= 0.3 is 0 Å². The van der Waals surface area contributed by atoms with E-state index in [1.54, 1.807) is 0 Å². The van der Waals surface area contributed by atoms with Crippen LogP contribution in [0.2, 0.25) is 0 Å². The van der Waals surface area contributed by atoms with Crippen molar-refractivity contribution in [3.63, 3.8) is 0 Å². The van der Waals surface area contributed by atoms with Gasteiger partial charge in [-0.2, -0.15) is 0 Å². The first-order valence-electron chi connectivity index (χ1n) is 8.88. The third-order valence-electron chi connectivity index (χ3n) is 4.29. The molecule has 0 spiro atoms. The van der Waals surface area contributed by atoms with E-state index in [-0.39, 0.29) is 12.4 Å². The SMILES string of the molecule is C=CC(=O)COc1ccc(N(c2ccc(C)cc2)c2ccc(C)cc2)cc1. The second-order valence-electron chi connectivity index (χ2n) is 6.46. The molecule has 3 heteroatoms. The monoisotopic (exact) mass is 357 g/mol. The average molecular weight is 357 g/mol. The molecule has 0 bridgehead atoms. The van der Waals surface area contributed by atoms with Crippen LogP contribution in [-0.4, -0.2) is 12.4 Å². The van der Waals surface area contributed by atoms with Crippen LogP contribution in [0.1, 0.15) is 11.1 Å². The number of carbonyl (C=O) groups excluding carboxylic acids is 1. The fraction of sp³-hybridized carbons (Fsp3) is 0.125. The van der Waals surface area contributed by atoms with Gasteiger partial charge in [0.15, 0.2) is 12.4 Å². The minimum atomic E-state index is -0.139. The predicted octanol–water partition coefficient (Wildman–Crippen LogP) is 5.91. The van der Waals surface area contributed by atoms with Crippen molar-refractivity contribution < 1.29 is 9.53 Å². The Morgan fingerprint density at radius 1 is 0.815 bits per heavy atom. The van der Waals surface area contributed by atoms with Gasteiger partial charge in [0, 0.05) is 17.1 Å². The second kappa shape index (κ2) is 8.37. The average Bonchev–Trinajstić information content (AvgIpc) is 2.70. The molecule has 0 amide bonds. The maximum absolute atomic E-state index is 11.3. The molecule has 0 fully saturated rings. The number of ether oxygens (including phenoxy) is 1. The van der Waals surface area contributed by atoms with Crippen molar-refractivity contribution in [3.05, 3.63) is 96.6 Å². The summed E-state index contributed by atoms with van der Waals surface area (Å²) in [6, 6.07) is 24.6. The minimum absolute atomic E-state index is 0.00247. The number of anilines is 3. The summed E-state index contributed by atoms with van der Waals surface area (Å²) in [5.74, 6) is 0.515. The van der Waals surface area contributed by atoms with E-state index in [9.17, 15) is 4.79 Å². The molecule has 136 valence electrons. The molecular formula is C24H23NO2. The van der Waals surface area contributed by atoms with Gasteiger partial charge in [-0.15, -0.1) is 0 Å². The first-order chi connectivity index (χ1) is 13.1. The van der Waals surface area contributed by atoms with Gasteiger partial charge in [-0.05, 0) is 68.5 Å². The lowest BCUT2D eigenvalue weighted by molar-refractivity contribution is -0.116. The van der Waals surface area contributed by atoms with Crippen molar-refractivity contribution in [2.24, 2.45) is 0 Å². The number of ketones is 1. The number of benzene rings is 3. The Balaban J connectivity index is 1.92. The van der Waals surface area contributed by atoms with Crippen LogP contribution in [0.5, 0.6) is 5.75 Å². The summed E-state index contributed by atoms with van der Waals surface area (Å²) >= 11 is 0. The Labute approximate surface area is 160 Å². The van der Waals surface area contributed by atoms with E-state index in [1.165, 1.54) is 17.2 Å². The standard InChI is InChI=1S/C24H23NO2/c1-4-23(26)17-27-24-15-13-22(14-16-24)25(20-9-5-18(2)6-10-20)21-11-7-19(3)8-12-21/h4-16H,1,17H2,2-3H3. The molecule has 3 rings (SSSR count). The maximum Gasteiger partial charge on any atom is 0.192 e. The summed E-state index contributed by atoms with van der Waals surface area (Å²) in [4.78, 5) is 13.5. The lowest BCUT2D eigenvalue weighted by Crippen LogP contribution is -2.10. The van der Waals surface area contributed by atoms with E-state index >= 15 is 0 Å². The minimum Gasteiger partial charge on any atom is -0.485 e. The van der Waals surface area contributed by atoms with E-state index in [0.29, 0.717) is 5.75 Å². The molecule has 0 aromatic heterocycles. The van der Waals surface area contributed by atoms with Crippen molar-refractivity contribution in [1.82, 2.24) is 0 Å². The molecule has 3 aromatic rings. The lowest BCUT2D eigenvalue weighted by atomic mass is 10.1. The molecule has 0 aliphatic heterocycles. The zero-order valence-electron chi connectivity index (χ0n) is 15.7. The van der Waals surface area contributed by atoms with Crippen molar-refractivity contribution in [2.45, 2.75) is 13.8 Å². The largest absolute Gasteiger partial charge is 0.485 e. The molecule has 0 radical (unpaired) electrons. The quantitative estimate of drug-likeness (QED) is 0.493. The topological polar surface area (TPSA) is 29.5 Å². The molecule has 3 aromatic carbocycles. The first kappa shape index (κ1) is 18.5. The highest BCUT2D eigenvalue weighted by atomic mass is 16.5. The van der Waals surface area contributed by atoms with Crippen LogP contribution in [0.4, 0.5) is 17.1 Å². The van der Waals surface area contributed by atoms with Crippen LogP contribution < -0.4 is 9.64 Å². The molecule has 0 aliphatic carbocycles. The Morgan fingerprint density at radius 2 is 1.22 bits per heavy atom. The fourth-order valence-electron chi connectivity index (χ4n) is 2.74. The Kier molecular flexibility index (Phi) is 5.72. The molecule has 0 unspecified atom stereocenters. The zero-order valence-corrected chi connectivity index (χ0v) is 15.7. The van der Waals surface area contributed by atoms with Gasteiger partial charge in [-0.25, -0.2) is 0 Å². The highest BCUT2D eigenvalue weighted by molar-refractivity contribution is 5.90. The molecule has 0 heterocycles. The van der Waals surface area contributed by atoms with Gasteiger partial charge in [-0.3, -0.25) is 4.79 Å². The molecule has 0 atom stereocenters. The summed E-state index contributed by atoms with van der Waals surface area (Å²) in [6.45, 7) is 7.62. The van der Waals surface area contributed by atoms with Crippen LogP contribution in [-0.2, 0) is 4.79 Å². The number of aryl methyl sites for hydroxylation is 2. The summed E-state index contributed by atoms with van der Waals surface area (Å²) in [5, 5.41) is 0. The number of rotatable bonds is 7. The molecule has 0 aliphatic rings. The van der Waals surface area contributed by atoms with Crippen LogP contribution in [0.25, 0.3) is 0 Å². The van der Waals surface area contributed by atoms with Gasteiger partial charge in [0.25, 0.3) is 0 Å². The smallest absolute Gasteiger partial charge is 0.192 e. The normalized spacial score (nSPS) is 10.3. The number of hydrogen-bond donors (Lipinski definition) is 0. The number of carbonyl (C=O) groups is 1. The molecule has 3 nitrogen and oxygen atoms in total. The Morgan fingerprint density at radius 3 is 1.63 bits per heavy atom. The highest BCUT2D eigenvalue weighted by Crippen LogP contribution is 2.35. The van der Waals surface area contributed by atoms with Crippen molar-refractivity contribution >= 4 is 22.8 Å². The van der Waals surface area contributed by atoms with Gasteiger partial charge < -0.3 is 9.64 Å². The summed E-state index contributed by atoms with van der Waals surface area (Å²) in [5.41, 5.74) is 5.63. The van der Waals surface area contributed by atoms with Crippen LogP contribution >= 0.6 is 0 Å². The lowest BCUT2D eigenvalue weighted by Gasteiger charge is -2.26. The van der Waals surface area contributed by atoms with Gasteiger partial charge in [0.2, 0.25) is 0 Å². The Hall–Kier alpha value is -3.33. The van der Waals surface area contributed by atoms with E-state index in [0.717, 1.165) is 17.1 Å². The summed E-state index contributed by atoms with van der Waals surface area (Å²) < 4.78 is 5.50. The predicted molar refractivity (Wildman–Crippen MR) is 111 cm³/mol. The van der Waals surface area contributed by atoms with Crippen molar-refractivity contribution in [3.8, 4) is 5.75 Å². The maximum atomic E-state index is 11.3. The number of nitrogens with zero attached hydrogens (tertiary/aromatic N) is 1. The molecule has 0 saturated carbocycles. The molecule has 0 saturated heterocycles. The molecule has 0 N–H and O–H groups in total.